The quantitative estimate of drug-likeness (QED) is 0.311. The molecule has 4 heteroatoms. The van der Waals surface area contributed by atoms with Crippen LogP contribution < -0.4 is 0 Å². The molecular formula is C23H28O2S2. The zero-order valence-electron chi connectivity index (χ0n) is 16.1. The molecule has 27 heavy (non-hydrogen) atoms. The summed E-state index contributed by atoms with van der Waals surface area (Å²) in [7, 11) is -3.37. The van der Waals surface area contributed by atoms with E-state index in [4.69, 9.17) is 0 Å². The first kappa shape index (κ1) is 20.2. The molecule has 0 saturated carbocycles. The molecule has 1 atom stereocenters. The van der Waals surface area contributed by atoms with E-state index in [1.807, 2.05) is 48.2 Å². The van der Waals surface area contributed by atoms with E-state index in [0.29, 0.717) is 17.7 Å². The molecule has 0 heterocycles. The highest BCUT2D eigenvalue weighted by Crippen LogP contribution is 2.44. The highest BCUT2D eigenvalue weighted by Gasteiger charge is 2.45. The van der Waals surface area contributed by atoms with Crippen LogP contribution in [0.4, 0.5) is 0 Å². The van der Waals surface area contributed by atoms with Gasteiger partial charge in [0.05, 0.1) is 9.64 Å². The van der Waals surface area contributed by atoms with E-state index in [1.54, 1.807) is 12.1 Å². The van der Waals surface area contributed by atoms with Crippen molar-refractivity contribution in [2.75, 3.05) is 5.75 Å². The fourth-order valence-corrected chi connectivity index (χ4v) is 6.96. The van der Waals surface area contributed by atoms with Crippen LogP contribution in [0.5, 0.6) is 0 Å². The SMILES string of the molecule is CC1=C(C)C[C@](CCCSc2ccccc2)(S(=O)(=O)c2ccccc2)CC1. The lowest BCUT2D eigenvalue weighted by molar-refractivity contribution is 0.426. The lowest BCUT2D eigenvalue weighted by Crippen LogP contribution is -2.41. The van der Waals surface area contributed by atoms with Gasteiger partial charge in [-0.05, 0) is 76.0 Å². The zero-order chi connectivity index (χ0) is 19.3. The third kappa shape index (κ3) is 4.49. The number of allylic oxidation sites excluding steroid dienone is 2. The molecule has 0 spiro atoms. The van der Waals surface area contributed by atoms with Crippen molar-refractivity contribution in [2.24, 2.45) is 0 Å². The normalized spacial score (nSPS) is 20.7. The molecule has 0 N–H and O–H groups in total. The van der Waals surface area contributed by atoms with Gasteiger partial charge in [-0.3, -0.25) is 0 Å². The van der Waals surface area contributed by atoms with E-state index in [9.17, 15) is 8.42 Å². The molecule has 1 aliphatic carbocycles. The first-order chi connectivity index (χ1) is 12.9. The van der Waals surface area contributed by atoms with Gasteiger partial charge in [0.2, 0.25) is 0 Å². The van der Waals surface area contributed by atoms with Crippen LogP contribution in [-0.2, 0) is 9.84 Å². The molecule has 0 saturated heterocycles. The van der Waals surface area contributed by atoms with Crippen molar-refractivity contribution in [2.45, 2.75) is 60.5 Å². The van der Waals surface area contributed by atoms with Crippen molar-refractivity contribution < 1.29 is 8.42 Å². The highest BCUT2D eigenvalue weighted by atomic mass is 32.2. The monoisotopic (exact) mass is 400 g/mol. The molecule has 0 radical (unpaired) electrons. The predicted molar refractivity (Wildman–Crippen MR) is 115 cm³/mol. The Balaban J connectivity index is 1.79. The van der Waals surface area contributed by atoms with Gasteiger partial charge in [-0.25, -0.2) is 8.42 Å². The van der Waals surface area contributed by atoms with E-state index in [0.717, 1.165) is 25.0 Å². The Morgan fingerprint density at radius 2 is 1.56 bits per heavy atom. The number of thioether (sulfide) groups is 1. The van der Waals surface area contributed by atoms with Gasteiger partial charge in [-0.1, -0.05) is 47.5 Å². The first-order valence-corrected chi connectivity index (χ1v) is 12.0. The van der Waals surface area contributed by atoms with Crippen molar-refractivity contribution in [1.82, 2.24) is 0 Å². The summed E-state index contributed by atoms with van der Waals surface area (Å²) in [6.07, 6.45) is 3.88. The Kier molecular flexibility index (Phi) is 6.48. The van der Waals surface area contributed by atoms with Crippen molar-refractivity contribution >= 4 is 21.6 Å². The summed E-state index contributed by atoms with van der Waals surface area (Å²) >= 11 is 1.81. The van der Waals surface area contributed by atoms with Gasteiger partial charge in [0.15, 0.2) is 9.84 Å². The molecule has 0 unspecified atom stereocenters. The van der Waals surface area contributed by atoms with Gasteiger partial charge in [-0.2, -0.15) is 0 Å². The van der Waals surface area contributed by atoms with E-state index >= 15 is 0 Å². The van der Waals surface area contributed by atoms with E-state index in [2.05, 4.69) is 26.0 Å². The standard InChI is InChI=1S/C23H28O2S2/c1-19-14-16-23(18-20(19)2,27(24,25)22-12-7-4-8-13-22)15-9-17-26-21-10-5-3-6-11-21/h3-8,10-13H,9,14-18H2,1-2H3/t23-/m1/s1. The summed E-state index contributed by atoms with van der Waals surface area (Å²) in [5.74, 6) is 0.942. The second-order valence-electron chi connectivity index (χ2n) is 7.50. The third-order valence-electron chi connectivity index (χ3n) is 5.68. The summed E-state index contributed by atoms with van der Waals surface area (Å²) in [6, 6.07) is 19.3. The van der Waals surface area contributed by atoms with Crippen LogP contribution in [0.2, 0.25) is 0 Å². The summed E-state index contributed by atoms with van der Waals surface area (Å²) < 4.78 is 26.5. The smallest absolute Gasteiger partial charge is 0.184 e. The molecule has 0 aliphatic heterocycles. The first-order valence-electron chi connectivity index (χ1n) is 9.57. The molecule has 2 nitrogen and oxygen atoms in total. The topological polar surface area (TPSA) is 34.1 Å². The summed E-state index contributed by atoms with van der Waals surface area (Å²) in [4.78, 5) is 1.71. The number of rotatable bonds is 7. The summed E-state index contributed by atoms with van der Waals surface area (Å²) in [5, 5.41) is 0. The minimum atomic E-state index is -3.37. The molecule has 144 valence electrons. The maximum atomic E-state index is 13.6. The van der Waals surface area contributed by atoms with Crippen LogP contribution in [-0.4, -0.2) is 18.9 Å². The fraction of sp³-hybridized carbons (Fsp3) is 0.391. The van der Waals surface area contributed by atoms with Gasteiger partial charge in [0, 0.05) is 4.90 Å². The Labute approximate surface area is 168 Å². The van der Waals surface area contributed by atoms with Gasteiger partial charge in [0.1, 0.15) is 0 Å². The average molecular weight is 401 g/mol. The number of hydrogen-bond donors (Lipinski definition) is 0. The molecular weight excluding hydrogens is 372 g/mol. The number of hydrogen-bond acceptors (Lipinski definition) is 3. The van der Waals surface area contributed by atoms with E-state index in [1.165, 1.54) is 16.0 Å². The van der Waals surface area contributed by atoms with Crippen LogP contribution in [0, 0.1) is 0 Å². The number of sulfone groups is 1. The maximum Gasteiger partial charge on any atom is 0.184 e. The lowest BCUT2D eigenvalue weighted by Gasteiger charge is -2.38. The van der Waals surface area contributed by atoms with Crippen molar-refractivity contribution in [3.05, 3.63) is 71.8 Å². The van der Waals surface area contributed by atoms with Gasteiger partial charge >= 0.3 is 0 Å². The van der Waals surface area contributed by atoms with Crippen LogP contribution in [0.3, 0.4) is 0 Å². The second kappa shape index (κ2) is 8.66. The summed E-state index contributed by atoms with van der Waals surface area (Å²) in [6.45, 7) is 4.24. The molecule has 3 rings (SSSR count). The maximum absolute atomic E-state index is 13.6. The molecule has 0 fully saturated rings. The Bertz CT molecular complexity index is 886. The molecule has 1 aliphatic rings. The van der Waals surface area contributed by atoms with Crippen molar-refractivity contribution in [3.63, 3.8) is 0 Å². The van der Waals surface area contributed by atoms with E-state index < -0.39 is 14.6 Å². The van der Waals surface area contributed by atoms with E-state index in [-0.39, 0.29) is 0 Å². The largest absolute Gasteiger partial charge is 0.223 e. The highest BCUT2D eigenvalue weighted by molar-refractivity contribution is 7.99. The van der Waals surface area contributed by atoms with Gasteiger partial charge < -0.3 is 0 Å². The Hall–Kier alpha value is -1.52. The molecule has 2 aromatic carbocycles. The fourth-order valence-electron chi connectivity index (χ4n) is 3.88. The molecule has 0 bridgehead atoms. The van der Waals surface area contributed by atoms with Crippen LogP contribution in [0.25, 0.3) is 0 Å². The Morgan fingerprint density at radius 3 is 2.19 bits per heavy atom. The molecule has 0 amide bonds. The van der Waals surface area contributed by atoms with Gasteiger partial charge in [0.25, 0.3) is 0 Å². The molecule has 0 aromatic heterocycles. The third-order valence-corrected chi connectivity index (χ3v) is 9.37. The molecule has 2 aromatic rings. The van der Waals surface area contributed by atoms with Crippen LogP contribution in [0.15, 0.2) is 81.6 Å². The predicted octanol–water partition coefficient (Wildman–Crippen LogP) is 6.29. The van der Waals surface area contributed by atoms with Gasteiger partial charge in [-0.15, -0.1) is 11.8 Å². The average Bonchev–Trinajstić information content (AvgIpc) is 2.69. The minimum Gasteiger partial charge on any atom is -0.223 e. The van der Waals surface area contributed by atoms with Crippen LogP contribution in [0.1, 0.15) is 46.0 Å². The minimum absolute atomic E-state index is 0.466. The Morgan fingerprint density at radius 1 is 0.926 bits per heavy atom. The van der Waals surface area contributed by atoms with Crippen molar-refractivity contribution in [3.8, 4) is 0 Å². The lowest BCUT2D eigenvalue weighted by atomic mass is 9.82. The van der Waals surface area contributed by atoms with Crippen LogP contribution >= 0.6 is 11.8 Å². The van der Waals surface area contributed by atoms with Crippen molar-refractivity contribution in [1.29, 1.82) is 0 Å². The summed E-state index contributed by atoms with van der Waals surface area (Å²) in [5.41, 5.74) is 2.60. The second-order valence-corrected chi connectivity index (χ2v) is 11.0. The number of benzene rings is 2. The zero-order valence-corrected chi connectivity index (χ0v) is 17.8.